The molecule has 1 aromatic heterocycles. The second kappa shape index (κ2) is 9.77. The number of likely N-dealkylation sites (N-methyl/N-ethyl adjacent to an activating group) is 1. The molecule has 0 saturated carbocycles. The standard InChI is InChI=1S/C25H30N2O4S/c1-27-23(21-10-7-13-32-21)22(24(28)26-12-11-16-8-5-4-6-9-16)17-14-19(30-2)20(31-3)15-18(17)25(27)29/h7-8,10,13-15,22-23H,4-6,9,11-12H2,1-3H3,(H,26,28)/t22-,23+/m0/s1. The van der Waals surface area contributed by atoms with Gasteiger partial charge in [-0.3, -0.25) is 9.59 Å². The number of ether oxygens (including phenoxy) is 2. The van der Waals surface area contributed by atoms with Crippen LogP contribution < -0.4 is 14.8 Å². The first kappa shape index (κ1) is 22.4. The van der Waals surface area contributed by atoms with E-state index < -0.39 is 5.92 Å². The lowest BCUT2D eigenvalue weighted by molar-refractivity contribution is -0.124. The molecule has 1 aromatic carbocycles. The van der Waals surface area contributed by atoms with E-state index in [9.17, 15) is 9.59 Å². The number of carbonyl (C=O) groups is 2. The number of fused-ring (bicyclic) bond motifs is 1. The van der Waals surface area contributed by atoms with Crippen molar-refractivity contribution in [3.63, 3.8) is 0 Å². The van der Waals surface area contributed by atoms with Crippen LogP contribution in [0.5, 0.6) is 11.5 Å². The number of methoxy groups -OCH3 is 2. The Morgan fingerprint density at radius 3 is 2.66 bits per heavy atom. The molecular weight excluding hydrogens is 424 g/mol. The third-order valence-electron chi connectivity index (χ3n) is 6.42. The quantitative estimate of drug-likeness (QED) is 0.617. The average Bonchev–Trinajstić information content (AvgIpc) is 3.35. The molecule has 0 bridgehead atoms. The van der Waals surface area contributed by atoms with E-state index in [1.54, 1.807) is 49.6 Å². The third-order valence-corrected chi connectivity index (χ3v) is 7.37. The molecule has 2 heterocycles. The van der Waals surface area contributed by atoms with Crippen molar-refractivity contribution < 1.29 is 19.1 Å². The second-order valence-corrected chi connectivity index (χ2v) is 9.28. The van der Waals surface area contributed by atoms with Crippen LogP contribution in [0.3, 0.4) is 0 Å². The maximum absolute atomic E-state index is 13.6. The second-order valence-electron chi connectivity index (χ2n) is 8.30. The molecule has 0 unspecified atom stereocenters. The minimum Gasteiger partial charge on any atom is -0.493 e. The van der Waals surface area contributed by atoms with Gasteiger partial charge in [-0.2, -0.15) is 0 Å². The Hall–Kier alpha value is -2.80. The van der Waals surface area contributed by atoms with Crippen LogP contribution in [0.4, 0.5) is 0 Å². The van der Waals surface area contributed by atoms with Crippen LogP contribution in [0.1, 0.15) is 64.9 Å². The van der Waals surface area contributed by atoms with Gasteiger partial charge >= 0.3 is 0 Å². The lowest BCUT2D eigenvalue weighted by atomic mass is 9.81. The highest BCUT2D eigenvalue weighted by Gasteiger charge is 2.44. The smallest absolute Gasteiger partial charge is 0.254 e. The highest BCUT2D eigenvalue weighted by molar-refractivity contribution is 7.10. The lowest BCUT2D eigenvalue weighted by Crippen LogP contribution is -2.45. The summed E-state index contributed by atoms with van der Waals surface area (Å²) in [5.74, 6) is 0.250. The van der Waals surface area contributed by atoms with Crippen LogP contribution in [0.25, 0.3) is 0 Å². The van der Waals surface area contributed by atoms with Gasteiger partial charge < -0.3 is 19.7 Å². The first-order chi connectivity index (χ1) is 15.5. The molecule has 4 rings (SSSR count). The van der Waals surface area contributed by atoms with Crippen molar-refractivity contribution in [2.24, 2.45) is 0 Å². The first-order valence-corrected chi connectivity index (χ1v) is 11.9. The zero-order valence-corrected chi connectivity index (χ0v) is 19.7. The number of benzene rings is 1. The number of thiophene rings is 1. The monoisotopic (exact) mass is 454 g/mol. The van der Waals surface area contributed by atoms with Crippen LogP contribution in [0.2, 0.25) is 0 Å². The Morgan fingerprint density at radius 2 is 2.00 bits per heavy atom. The molecule has 0 saturated heterocycles. The van der Waals surface area contributed by atoms with Gasteiger partial charge in [0.25, 0.3) is 5.91 Å². The Kier molecular flexibility index (Phi) is 6.84. The minimum absolute atomic E-state index is 0.0763. The molecule has 0 spiro atoms. The first-order valence-electron chi connectivity index (χ1n) is 11.1. The molecule has 2 aromatic rings. The summed E-state index contributed by atoms with van der Waals surface area (Å²) in [6, 6.07) is 7.03. The van der Waals surface area contributed by atoms with Crippen LogP contribution in [0, 0.1) is 0 Å². The maximum atomic E-state index is 13.6. The van der Waals surface area contributed by atoms with Crippen molar-refractivity contribution in [1.29, 1.82) is 0 Å². The van der Waals surface area contributed by atoms with Gasteiger partial charge in [0.05, 0.1) is 26.2 Å². The number of nitrogens with zero attached hydrogens (tertiary/aromatic N) is 1. The van der Waals surface area contributed by atoms with Gasteiger partial charge in [0.1, 0.15) is 0 Å². The van der Waals surface area contributed by atoms with Gasteiger partial charge in [0.2, 0.25) is 5.91 Å². The van der Waals surface area contributed by atoms with Crippen LogP contribution in [0.15, 0.2) is 41.3 Å². The van der Waals surface area contributed by atoms with Gasteiger partial charge in [-0.25, -0.2) is 0 Å². The van der Waals surface area contributed by atoms with Gasteiger partial charge in [-0.15, -0.1) is 11.3 Å². The third kappa shape index (κ3) is 4.26. The molecule has 6 nitrogen and oxygen atoms in total. The Balaban J connectivity index is 1.69. The zero-order valence-electron chi connectivity index (χ0n) is 18.8. The topological polar surface area (TPSA) is 67.9 Å². The van der Waals surface area contributed by atoms with Crippen molar-refractivity contribution in [3.8, 4) is 11.5 Å². The molecule has 1 N–H and O–H groups in total. The molecule has 7 heteroatoms. The van der Waals surface area contributed by atoms with Gasteiger partial charge in [-0.05, 0) is 61.2 Å². The largest absolute Gasteiger partial charge is 0.493 e. The van der Waals surface area contributed by atoms with Gasteiger partial charge in [0, 0.05) is 24.0 Å². The number of amides is 2. The number of hydrogen-bond acceptors (Lipinski definition) is 5. The van der Waals surface area contributed by atoms with E-state index in [2.05, 4.69) is 11.4 Å². The molecule has 170 valence electrons. The summed E-state index contributed by atoms with van der Waals surface area (Å²) < 4.78 is 10.9. The zero-order chi connectivity index (χ0) is 22.7. The predicted octanol–water partition coefficient (Wildman–Crippen LogP) is 4.68. The molecular formula is C25H30N2O4S. The van der Waals surface area contributed by atoms with Crippen molar-refractivity contribution in [1.82, 2.24) is 10.2 Å². The highest BCUT2D eigenvalue weighted by Crippen LogP contribution is 2.46. The summed E-state index contributed by atoms with van der Waals surface area (Å²) in [5, 5.41) is 5.12. The van der Waals surface area contributed by atoms with E-state index in [1.165, 1.54) is 18.4 Å². The lowest BCUT2D eigenvalue weighted by Gasteiger charge is -2.39. The van der Waals surface area contributed by atoms with Crippen LogP contribution in [-0.4, -0.2) is 44.5 Å². The molecule has 2 aliphatic rings. The van der Waals surface area contributed by atoms with E-state index >= 15 is 0 Å². The predicted molar refractivity (Wildman–Crippen MR) is 126 cm³/mol. The molecule has 1 aliphatic carbocycles. The van der Waals surface area contributed by atoms with E-state index in [-0.39, 0.29) is 17.9 Å². The van der Waals surface area contributed by atoms with E-state index in [1.807, 2.05) is 17.5 Å². The Labute approximate surface area is 193 Å². The molecule has 1 aliphatic heterocycles. The normalized spacial score (nSPS) is 20.4. The van der Waals surface area contributed by atoms with E-state index in [4.69, 9.17) is 9.47 Å². The fourth-order valence-corrected chi connectivity index (χ4v) is 5.64. The molecule has 2 atom stereocenters. The summed E-state index contributed by atoms with van der Waals surface area (Å²) in [6.07, 6.45) is 7.91. The molecule has 0 radical (unpaired) electrons. The molecule has 2 amide bonds. The van der Waals surface area contributed by atoms with Gasteiger partial charge in [-0.1, -0.05) is 17.7 Å². The Morgan fingerprint density at radius 1 is 1.22 bits per heavy atom. The molecule has 0 fully saturated rings. The highest BCUT2D eigenvalue weighted by atomic mass is 32.1. The van der Waals surface area contributed by atoms with Gasteiger partial charge in [0.15, 0.2) is 11.5 Å². The summed E-state index contributed by atoms with van der Waals surface area (Å²) in [6.45, 7) is 0.596. The molecule has 32 heavy (non-hydrogen) atoms. The summed E-state index contributed by atoms with van der Waals surface area (Å²) in [5.41, 5.74) is 2.58. The number of nitrogens with one attached hydrogen (secondary N) is 1. The number of hydrogen-bond donors (Lipinski definition) is 1. The fraction of sp³-hybridized carbons (Fsp3) is 0.440. The summed E-state index contributed by atoms with van der Waals surface area (Å²) in [7, 11) is 4.87. The minimum atomic E-state index is -0.536. The number of carbonyl (C=O) groups excluding carboxylic acids is 2. The van der Waals surface area contributed by atoms with Crippen molar-refractivity contribution in [2.75, 3.05) is 27.8 Å². The van der Waals surface area contributed by atoms with Crippen molar-refractivity contribution >= 4 is 23.2 Å². The van der Waals surface area contributed by atoms with E-state index in [0.717, 1.165) is 24.1 Å². The van der Waals surface area contributed by atoms with Crippen LogP contribution in [-0.2, 0) is 4.79 Å². The Bertz CT molecular complexity index is 1020. The van der Waals surface area contributed by atoms with E-state index in [0.29, 0.717) is 29.2 Å². The summed E-state index contributed by atoms with van der Waals surface area (Å²) >= 11 is 1.56. The van der Waals surface area contributed by atoms with Crippen molar-refractivity contribution in [2.45, 2.75) is 44.1 Å². The average molecular weight is 455 g/mol. The fourth-order valence-electron chi connectivity index (χ4n) is 4.73. The SMILES string of the molecule is COc1cc2c(cc1OC)[C@H](C(=O)NCCC1=CCCCC1)[C@@H](c1cccs1)N(C)C2=O. The maximum Gasteiger partial charge on any atom is 0.254 e. The number of allylic oxidation sites excluding steroid dienone is 1. The summed E-state index contributed by atoms with van der Waals surface area (Å²) in [4.78, 5) is 29.5. The van der Waals surface area contributed by atoms with Crippen LogP contribution >= 0.6 is 11.3 Å². The van der Waals surface area contributed by atoms with Crippen molar-refractivity contribution in [3.05, 3.63) is 57.3 Å². The number of rotatable bonds is 7.